The summed E-state index contributed by atoms with van der Waals surface area (Å²) in [6.45, 7) is 0.552. The Morgan fingerprint density at radius 2 is 1.86 bits per heavy atom. The third kappa shape index (κ3) is 3.39. The summed E-state index contributed by atoms with van der Waals surface area (Å²) in [6, 6.07) is 0. The molecule has 0 aromatic carbocycles. The van der Waals surface area contributed by atoms with Crippen molar-refractivity contribution in [1.29, 1.82) is 0 Å². The van der Waals surface area contributed by atoms with Gasteiger partial charge in [-0.15, -0.1) is 0 Å². The molecule has 2 unspecified atom stereocenters. The summed E-state index contributed by atoms with van der Waals surface area (Å²) in [7, 11) is 1.81. The highest BCUT2D eigenvalue weighted by atomic mass is 16.4. The molecule has 0 radical (unpaired) electrons. The highest BCUT2D eigenvalue weighted by Gasteiger charge is 2.44. The Hall–Kier alpha value is -1.10. The number of hydrogen-bond donors (Lipinski definition) is 2. The smallest absolute Gasteiger partial charge is 0.305 e. The molecule has 2 aliphatic rings. The lowest BCUT2D eigenvalue weighted by Crippen LogP contribution is -2.54. The molecule has 3 N–H and O–H groups in total. The molecule has 2 atom stereocenters. The van der Waals surface area contributed by atoms with Gasteiger partial charge < -0.3 is 15.7 Å². The standard InChI is InChI=1S/C16H28N2O3/c1-18(15(21)13-7-5-6-12(13)11-17)16(10-14(19)20)8-3-2-4-9-16/h12-13H,2-11,17H2,1H3,(H,19,20). The number of carbonyl (C=O) groups is 2. The molecule has 0 bridgehead atoms. The summed E-state index contributed by atoms with van der Waals surface area (Å²) in [5, 5.41) is 9.27. The van der Waals surface area contributed by atoms with Crippen molar-refractivity contribution in [3.8, 4) is 0 Å². The predicted molar refractivity (Wildman–Crippen MR) is 80.7 cm³/mol. The monoisotopic (exact) mass is 296 g/mol. The van der Waals surface area contributed by atoms with E-state index in [9.17, 15) is 14.7 Å². The molecular weight excluding hydrogens is 268 g/mol. The second-order valence-corrected chi connectivity index (χ2v) is 6.79. The van der Waals surface area contributed by atoms with Crippen LogP contribution in [0.1, 0.15) is 57.8 Å². The second-order valence-electron chi connectivity index (χ2n) is 6.79. The number of hydrogen-bond acceptors (Lipinski definition) is 3. The van der Waals surface area contributed by atoms with Gasteiger partial charge in [-0.05, 0) is 38.1 Å². The van der Waals surface area contributed by atoms with Crippen LogP contribution in [0.5, 0.6) is 0 Å². The molecule has 2 fully saturated rings. The minimum absolute atomic E-state index is 0.00686. The highest BCUT2D eigenvalue weighted by Crippen LogP contribution is 2.39. The third-order valence-electron chi connectivity index (χ3n) is 5.59. The van der Waals surface area contributed by atoms with E-state index in [-0.39, 0.29) is 24.2 Å². The van der Waals surface area contributed by atoms with Gasteiger partial charge in [-0.25, -0.2) is 0 Å². The van der Waals surface area contributed by atoms with E-state index in [0.29, 0.717) is 6.54 Å². The van der Waals surface area contributed by atoms with Crippen molar-refractivity contribution in [2.75, 3.05) is 13.6 Å². The summed E-state index contributed by atoms with van der Waals surface area (Å²) in [6.07, 6.45) is 7.81. The first-order valence-electron chi connectivity index (χ1n) is 8.20. The Kier molecular flexibility index (Phi) is 5.25. The van der Waals surface area contributed by atoms with Crippen LogP contribution in [0.3, 0.4) is 0 Å². The van der Waals surface area contributed by atoms with Crippen LogP contribution < -0.4 is 5.73 Å². The normalized spacial score (nSPS) is 28.3. The second kappa shape index (κ2) is 6.77. The van der Waals surface area contributed by atoms with Gasteiger partial charge in [-0.2, -0.15) is 0 Å². The summed E-state index contributed by atoms with van der Waals surface area (Å²) < 4.78 is 0. The Morgan fingerprint density at radius 1 is 1.19 bits per heavy atom. The molecule has 2 saturated carbocycles. The van der Waals surface area contributed by atoms with Crippen LogP contribution in [0.4, 0.5) is 0 Å². The number of carbonyl (C=O) groups excluding carboxylic acids is 1. The van der Waals surface area contributed by atoms with Crippen LogP contribution in [0, 0.1) is 11.8 Å². The molecule has 5 nitrogen and oxygen atoms in total. The van der Waals surface area contributed by atoms with Gasteiger partial charge in [0.2, 0.25) is 5.91 Å². The molecule has 0 aromatic rings. The number of amides is 1. The zero-order valence-corrected chi connectivity index (χ0v) is 13.0. The summed E-state index contributed by atoms with van der Waals surface area (Å²) >= 11 is 0. The van der Waals surface area contributed by atoms with Crippen molar-refractivity contribution in [3.05, 3.63) is 0 Å². The van der Waals surface area contributed by atoms with Gasteiger partial charge in [-0.1, -0.05) is 25.7 Å². The average Bonchev–Trinajstić information content (AvgIpc) is 2.94. The molecule has 5 heteroatoms. The minimum Gasteiger partial charge on any atom is -0.481 e. The lowest BCUT2D eigenvalue weighted by Gasteiger charge is -2.45. The topological polar surface area (TPSA) is 83.6 Å². The van der Waals surface area contributed by atoms with Gasteiger partial charge in [0.05, 0.1) is 12.0 Å². The minimum atomic E-state index is -0.807. The van der Waals surface area contributed by atoms with Gasteiger partial charge in [0.15, 0.2) is 0 Å². The zero-order valence-electron chi connectivity index (χ0n) is 13.0. The Balaban J connectivity index is 2.15. The molecule has 0 spiro atoms. The fourth-order valence-corrected chi connectivity index (χ4v) is 4.25. The van der Waals surface area contributed by atoms with Crippen molar-refractivity contribution < 1.29 is 14.7 Å². The molecular formula is C16H28N2O3. The maximum absolute atomic E-state index is 12.9. The molecule has 21 heavy (non-hydrogen) atoms. The van der Waals surface area contributed by atoms with E-state index in [1.54, 1.807) is 4.90 Å². The first-order valence-corrected chi connectivity index (χ1v) is 8.20. The Bertz CT molecular complexity index is 391. The number of rotatable bonds is 5. The van der Waals surface area contributed by atoms with Gasteiger partial charge in [0.25, 0.3) is 0 Å². The SMILES string of the molecule is CN(C(=O)C1CCCC1CN)C1(CC(=O)O)CCCCC1. The maximum atomic E-state index is 12.9. The largest absolute Gasteiger partial charge is 0.481 e. The summed E-state index contributed by atoms with van der Waals surface area (Å²) in [4.78, 5) is 25.9. The van der Waals surface area contributed by atoms with Crippen LogP contribution in [0.25, 0.3) is 0 Å². The summed E-state index contributed by atoms with van der Waals surface area (Å²) in [5.41, 5.74) is 5.31. The Labute approximate surface area is 126 Å². The average molecular weight is 296 g/mol. The number of nitrogens with zero attached hydrogens (tertiary/aromatic N) is 1. The first kappa shape index (κ1) is 16.3. The lowest BCUT2D eigenvalue weighted by molar-refractivity contribution is -0.148. The molecule has 0 saturated heterocycles. The van der Waals surface area contributed by atoms with Crippen molar-refractivity contribution in [2.24, 2.45) is 17.6 Å². The van der Waals surface area contributed by atoms with E-state index in [2.05, 4.69) is 0 Å². The Morgan fingerprint density at radius 3 is 2.43 bits per heavy atom. The quantitative estimate of drug-likeness (QED) is 0.812. The van der Waals surface area contributed by atoms with E-state index in [1.807, 2.05) is 7.05 Å². The molecule has 0 heterocycles. The van der Waals surface area contributed by atoms with Crippen molar-refractivity contribution >= 4 is 11.9 Å². The van der Waals surface area contributed by atoms with E-state index < -0.39 is 11.5 Å². The van der Waals surface area contributed by atoms with Crippen LogP contribution in [0.2, 0.25) is 0 Å². The molecule has 1 amide bonds. The summed E-state index contributed by atoms with van der Waals surface area (Å²) in [5.74, 6) is -0.428. The van der Waals surface area contributed by atoms with Crippen LogP contribution in [0.15, 0.2) is 0 Å². The molecule has 0 aliphatic heterocycles. The van der Waals surface area contributed by atoms with Crippen LogP contribution >= 0.6 is 0 Å². The highest BCUT2D eigenvalue weighted by molar-refractivity contribution is 5.81. The van der Waals surface area contributed by atoms with E-state index in [0.717, 1.165) is 51.4 Å². The molecule has 0 aromatic heterocycles. The van der Waals surface area contributed by atoms with Crippen LogP contribution in [-0.4, -0.2) is 41.0 Å². The molecule has 2 rings (SSSR count). The van der Waals surface area contributed by atoms with E-state index >= 15 is 0 Å². The van der Waals surface area contributed by atoms with Gasteiger partial charge in [0, 0.05) is 13.0 Å². The van der Waals surface area contributed by atoms with Gasteiger partial charge in [0.1, 0.15) is 0 Å². The van der Waals surface area contributed by atoms with Crippen molar-refractivity contribution in [1.82, 2.24) is 4.90 Å². The zero-order chi connectivity index (χ0) is 15.5. The van der Waals surface area contributed by atoms with E-state index in [1.165, 1.54) is 0 Å². The predicted octanol–water partition coefficient (Wildman–Crippen LogP) is 2.00. The lowest BCUT2D eigenvalue weighted by atomic mass is 9.77. The maximum Gasteiger partial charge on any atom is 0.305 e. The van der Waals surface area contributed by atoms with Crippen molar-refractivity contribution in [2.45, 2.75) is 63.3 Å². The number of aliphatic carboxylic acids is 1. The first-order chi connectivity index (χ1) is 10.00. The fourth-order valence-electron chi connectivity index (χ4n) is 4.25. The number of nitrogens with two attached hydrogens (primary N) is 1. The van der Waals surface area contributed by atoms with Gasteiger partial charge in [-0.3, -0.25) is 9.59 Å². The molecule has 120 valence electrons. The third-order valence-corrected chi connectivity index (χ3v) is 5.59. The number of carboxylic acid groups (broad SMARTS) is 1. The van der Waals surface area contributed by atoms with Gasteiger partial charge >= 0.3 is 5.97 Å². The fraction of sp³-hybridized carbons (Fsp3) is 0.875. The van der Waals surface area contributed by atoms with Crippen molar-refractivity contribution in [3.63, 3.8) is 0 Å². The number of carboxylic acids is 1. The molecule has 2 aliphatic carbocycles. The van der Waals surface area contributed by atoms with E-state index in [4.69, 9.17) is 5.73 Å². The van der Waals surface area contributed by atoms with Crippen LogP contribution in [-0.2, 0) is 9.59 Å².